The molecule has 2 heterocycles. The van der Waals surface area contributed by atoms with Gasteiger partial charge in [0.15, 0.2) is 0 Å². The lowest BCUT2D eigenvalue weighted by Gasteiger charge is -2.31. The summed E-state index contributed by atoms with van der Waals surface area (Å²) in [6.07, 6.45) is 3.38. The fraction of sp³-hybridized carbons (Fsp3) is 0.684. The molecular weight excluding hydrogens is 350 g/mol. The fourth-order valence-corrected chi connectivity index (χ4v) is 3.66. The van der Waals surface area contributed by atoms with Crippen LogP contribution >= 0.6 is 11.3 Å². The average Bonchev–Trinajstić information content (AvgIpc) is 3.14. The van der Waals surface area contributed by atoms with Gasteiger partial charge in [-0.1, -0.05) is 6.07 Å². The molecule has 0 bridgehead atoms. The minimum Gasteiger partial charge on any atom is -0.379 e. The maximum atomic E-state index is 12.2. The van der Waals surface area contributed by atoms with Gasteiger partial charge in [-0.2, -0.15) is 0 Å². The number of ether oxygens (including phenoxy) is 1. The Hall–Kier alpha value is -1.60. The number of carbonyl (C=O) groups is 2. The zero-order chi connectivity index (χ0) is 18.8. The summed E-state index contributed by atoms with van der Waals surface area (Å²) in [5.74, 6) is 0.114. The van der Waals surface area contributed by atoms with Crippen molar-refractivity contribution in [1.82, 2.24) is 15.5 Å². The topological polar surface area (TPSA) is 70.7 Å². The van der Waals surface area contributed by atoms with Gasteiger partial charge in [0.05, 0.1) is 6.10 Å². The van der Waals surface area contributed by atoms with E-state index in [2.05, 4.69) is 16.7 Å². The van der Waals surface area contributed by atoms with Crippen LogP contribution in [0.4, 0.5) is 4.79 Å². The average molecular weight is 382 g/mol. The van der Waals surface area contributed by atoms with Crippen molar-refractivity contribution in [2.75, 3.05) is 32.8 Å². The van der Waals surface area contributed by atoms with Gasteiger partial charge in [-0.25, -0.2) is 4.79 Å². The monoisotopic (exact) mass is 381 g/mol. The van der Waals surface area contributed by atoms with Crippen LogP contribution in [0.1, 0.15) is 38.0 Å². The Kier molecular flexibility index (Phi) is 8.91. The lowest BCUT2D eigenvalue weighted by atomic mass is 9.96. The number of hydrogen-bond acceptors (Lipinski definition) is 4. The summed E-state index contributed by atoms with van der Waals surface area (Å²) in [6.45, 7) is 7.25. The second-order valence-electron chi connectivity index (χ2n) is 6.89. The molecule has 146 valence electrons. The van der Waals surface area contributed by atoms with Crippen LogP contribution in [0, 0.1) is 5.92 Å². The third-order valence-corrected chi connectivity index (χ3v) is 5.39. The maximum Gasteiger partial charge on any atom is 0.317 e. The van der Waals surface area contributed by atoms with E-state index in [0.717, 1.165) is 25.7 Å². The molecule has 2 rings (SSSR count). The molecule has 1 aromatic rings. The first-order valence-electron chi connectivity index (χ1n) is 9.50. The summed E-state index contributed by atoms with van der Waals surface area (Å²) in [5.41, 5.74) is 0. The summed E-state index contributed by atoms with van der Waals surface area (Å²) in [4.78, 5) is 27.5. The molecule has 0 aromatic carbocycles. The van der Waals surface area contributed by atoms with Gasteiger partial charge in [-0.15, -0.1) is 11.3 Å². The van der Waals surface area contributed by atoms with E-state index in [4.69, 9.17) is 4.74 Å². The normalized spacial score (nSPS) is 15.3. The van der Waals surface area contributed by atoms with Crippen LogP contribution in [0.25, 0.3) is 0 Å². The summed E-state index contributed by atoms with van der Waals surface area (Å²) < 4.78 is 5.46. The van der Waals surface area contributed by atoms with Gasteiger partial charge >= 0.3 is 6.03 Å². The summed E-state index contributed by atoms with van der Waals surface area (Å²) >= 11 is 1.71. The molecule has 6 nitrogen and oxygen atoms in total. The quantitative estimate of drug-likeness (QED) is 0.646. The van der Waals surface area contributed by atoms with Crippen molar-refractivity contribution < 1.29 is 14.3 Å². The van der Waals surface area contributed by atoms with Gasteiger partial charge in [0, 0.05) is 43.6 Å². The summed E-state index contributed by atoms with van der Waals surface area (Å²) in [5, 5.41) is 8.00. The van der Waals surface area contributed by atoms with Crippen molar-refractivity contribution in [3.63, 3.8) is 0 Å². The molecule has 1 saturated heterocycles. The molecular formula is C19H31N3O3S. The number of nitrogens with zero attached hydrogens (tertiary/aromatic N) is 1. The summed E-state index contributed by atoms with van der Waals surface area (Å²) in [7, 11) is 0. The molecule has 0 unspecified atom stereocenters. The smallest absolute Gasteiger partial charge is 0.317 e. The molecule has 0 radical (unpaired) electrons. The standard InChI is InChI=1S/C19H31N3O3S/c1-15(2)25-13-4-9-20-18(23)16-7-11-22(12-8-16)19(24)21-10-6-17-5-3-14-26-17/h3,5,14-16H,4,6-13H2,1-2H3,(H,20,23)(H,21,24). The highest BCUT2D eigenvalue weighted by Crippen LogP contribution is 2.17. The highest BCUT2D eigenvalue weighted by molar-refractivity contribution is 7.09. The Labute approximate surface area is 160 Å². The minimum atomic E-state index is -0.0220. The number of carbonyl (C=O) groups excluding carboxylic acids is 2. The number of hydrogen-bond donors (Lipinski definition) is 2. The van der Waals surface area contributed by atoms with Gasteiger partial charge in [0.1, 0.15) is 0 Å². The van der Waals surface area contributed by atoms with E-state index in [1.165, 1.54) is 4.88 Å². The molecule has 26 heavy (non-hydrogen) atoms. The molecule has 0 saturated carbocycles. The van der Waals surface area contributed by atoms with Crippen LogP contribution in [-0.2, 0) is 16.0 Å². The Morgan fingerprint density at radius 3 is 2.69 bits per heavy atom. The highest BCUT2D eigenvalue weighted by atomic mass is 32.1. The molecule has 1 aliphatic rings. The third kappa shape index (κ3) is 7.33. The molecule has 7 heteroatoms. The Balaban J connectivity index is 1.57. The van der Waals surface area contributed by atoms with Gasteiger partial charge in [-0.3, -0.25) is 4.79 Å². The lowest BCUT2D eigenvalue weighted by Crippen LogP contribution is -2.47. The molecule has 2 N–H and O–H groups in total. The molecule has 0 aliphatic carbocycles. The molecule has 0 atom stereocenters. The van der Waals surface area contributed by atoms with Gasteiger partial charge in [-0.05, 0) is 51.0 Å². The van der Waals surface area contributed by atoms with Crippen LogP contribution in [0.2, 0.25) is 0 Å². The number of amides is 3. The number of nitrogens with one attached hydrogen (secondary N) is 2. The van der Waals surface area contributed by atoms with Crippen LogP contribution in [0.5, 0.6) is 0 Å². The van der Waals surface area contributed by atoms with Crippen molar-refractivity contribution >= 4 is 23.3 Å². The first-order valence-corrected chi connectivity index (χ1v) is 10.4. The Morgan fingerprint density at radius 1 is 1.27 bits per heavy atom. The van der Waals surface area contributed by atoms with E-state index in [9.17, 15) is 9.59 Å². The minimum absolute atomic E-state index is 0.0104. The second kappa shape index (κ2) is 11.2. The van der Waals surface area contributed by atoms with Crippen molar-refractivity contribution in [1.29, 1.82) is 0 Å². The van der Waals surface area contributed by atoms with E-state index in [1.807, 2.05) is 30.2 Å². The highest BCUT2D eigenvalue weighted by Gasteiger charge is 2.26. The number of piperidine rings is 1. The molecule has 1 fully saturated rings. The zero-order valence-electron chi connectivity index (χ0n) is 15.8. The molecule has 1 aromatic heterocycles. The molecule has 3 amide bonds. The van der Waals surface area contributed by atoms with Crippen LogP contribution in [0.3, 0.4) is 0 Å². The number of likely N-dealkylation sites (tertiary alicyclic amines) is 1. The first-order chi connectivity index (χ1) is 12.6. The van der Waals surface area contributed by atoms with Gasteiger partial charge < -0.3 is 20.3 Å². The van der Waals surface area contributed by atoms with E-state index in [0.29, 0.717) is 32.8 Å². The van der Waals surface area contributed by atoms with E-state index in [1.54, 1.807) is 11.3 Å². The predicted octanol–water partition coefficient (Wildman–Crippen LogP) is 2.64. The third-order valence-electron chi connectivity index (χ3n) is 4.45. The number of urea groups is 1. The largest absolute Gasteiger partial charge is 0.379 e. The van der Waals surface area contributed by atoms with Gasteiger partial charge in [0.25, 0.3) is 0 Å². The maximum absolute atomic E-state index is 12.2. The van der Waals surface area contributed by atoms with Crippen molar-refractivity contribution in [3.05, 3.63) is 22.4 Å². The fourth-order valence-electron chi connectivity index (χ4n) is 2.95. The van der Waals surface area contributed by atoms with Crippen LogP contribution in [-0.4, -0.2) is 55.7 Å². The first kappa shape index (κ1) is 20.7. The number of rotatable bonds is 9. The SMILES string of the molecule is CC(C)OCCCNC(=O)C1CCN(C(=O)NCCc2cccs2)CC1. The second-order valence-corrected chi connectivity index (χ2v) is 7.92. The van der Waals surface area contributed by atoms with Crippen LogP contribution in [0.15, 0.2) is 17.5 Å². The Bertz CT molecular complexity index is 540. The van der Waals surface area contributed by atoms with E-state index < -0.39 is 0 Å². The number of thiophene rings is 1. The molecule has 0 spiro atoms. The van der Waals surface area contributed by atoms with Crippen molar-refractivity contribution in [2.45, 2.75) is 45.6 Å². The summed E-state index contributed by atoms with van der Waals surface area (Å²) in [6, 6.07) is 4.08. The van der Waals surface area contributed by atoms with E-state index >= 15 is 0 Å². The van der Waals surface area contributed by atoms with Crippen molar-refractivity contribution in [2.24, 2.45) is 5.92 Å². The van der Waals surface area contributed by atoms with Gasteiger partial charge in [0.2, 0.25) is 5.91 Å². The Morgan fingerprint density at radius 2 is 2.04 bits per heavy atom. The predicted molar refractivity (Wildman–Crippen MR) is 104 cm³/mol. The van der Waals surface area contributed by atoms with E-state index in [-0.39, 0.29) is 24.0 Å². The zero-order valence-corrected chi connectivity index (χ0v) is 16.6. The lowest BCUT2D eigenvalue weighted by molar-refractivity contribution is -0.126. The van der Waals surface area contributed by atoms with Crippen LogP contribution < -0.4 is 10.6 Å². The van der Waals surface area contributed by atoms with Crippen molar-refractivity contribution in [3.8, 4) is 0 Å². The molecule has 1 aliphatic heterocycles.